The van der Waals surface area contributed by atoms with E-state index in [0.29, 0.717) is 15.6 Å². The number of nitrogens with one attached hydrogen (secondary N) is 1. The van der Waals surface area contributed by atoms with E-state index in [1.165, 1.54) is 24.3 Å². The monoisotopic (exact) mass is 401 g/mol. The number of hydrogen-bond donors (Lipinski definition) is 1. The molecule has 2 nitrogen and oxygen atoms in total. The largest absolute Gasteiger partial charge is 0.378 e. The van der Waals surface area contributed by atoms with E-state index in [0.717, 1.165) is 16.8 Å². The second-order valence-electron chi connectivity index (χ2n) is 6.37. The van der Waals surface area contributed by atoms with Crippen molar-refractivity contribution >= 4 is 34.7 Å². The third kappa shape index (κ3) is 5.09. The first-order valence-electron chi connectivity index (χ1n) is 8.49. The molecule has 0 bridgehead atoms. The topological polar surface area (TPSA) is 29.1 Å². The third-order valence-corrected chi connectivity index (χ3v) is 5.03. The van der Waals surface area contributed by atoms with Crippen LogP contribution in [-0.4, -0.2) is 5.78 Å². The molecule has 5 heteroatoms. The quantitative estimate of drug-likeness (QED) is 0.456. The van der Waals surface area contributed by atoms with Gasteiger partial charge in [0.1, 0.15) is 5.82 Å². The number of aryl methyl sites for hydroxylation is 1. The van der Waals surface area contributed by atoms with Crippen LogP contribution in [0.2, 0.25) is 10.0 Å². The van der Waals surface area contributed by atoms with Crippen LogP contribution in [0.25, 0.3) is 0 Å². The number of halogens is 3. The Morgan fingerprint density at radius 2 is 1.63 bits per heavy atom. The van der Waals surface area contributed by atoms with Crippen LogP contribution in [0.5, 0.6) is 0 Å². The van der Waals surface area contributed by atoms with Crippen LogP contribution < -0.4 is 5.32 Å². The van der Waals surface area contributed by atoms with E-state index in [-0.39, 0.29) is 24.1 Å². The molecule has 138 valence electrons. The molecule has 3 aromatic rings. The number of Topliss-reactive ketones (excluding diaryl/α,β-unsaturated/α-hetero) is 1. The SMILES string of the molecule is Cc1ccc(NC(CC(=O)c2ccc(F)cc2)c2ccc(Cl)c(Cl)c2)cc1. The van der Waals surface area contributed by atoms with E-state index in [1.807, 2.05) is 37.3 Å². The molecule has 1 N–H and O–H groups in total. The summed E-state index contributed by atoms with van der Waals surface area (Å²) in [6, 6.07) is 18.5. The average Bonchev–Trinajstić information content (AvgIpc) is 2.65. The molecular formula is C22H18Cl2FNO. The van der Waals surface area contributed by atoms with E-state index < -0.39 is 0 Å². The van der Waals surface area contributed by atoms with Gasteiger partial charge in [-0.2, -0.15) is 0 Å². The molecule has 0 spiro atoms. The molecule has 0 amide bonds. The van der Waals surface area contributed by atoms with Crippen molar-refractivity contribution in [1.82, 2.24) is 0 Å². The van der Waals surface area contributed by atoms with Gasteiger partial charge in [0.05, 0.1) is 16.1 Å². The maximum atomic E-state index is 13.1. The van der Waals surface area contributed by atoms with Gasteiger partial charge in [0.2, 0.25) is 0 Å². The van der Waals surface area contributed by atoms with E-state index in [9.17, 15) is 9.18 Å². The van der Waals surface area contributed by atoms with Gasteiger partial charge in [-0.3, -0.25) is 4.79 Å². The van der Waals surface area contributed by atoms with E-state index in [1.54, 1.807) is 12.1 Å². The summed E-state index contributed by atoms with van der Waals surface area (Å²) >= 11 is 12.2. The Balaban J connectivity index is 1.88. The van der Waals surface area contributed by atoms with Crippen molar-refractivity contribution in [2.24, 2.45) is 0 Å². The molecule has 27 heavy (non-hydrogen) atoms. The van der Waals surface area contributed by atoms with Crippen molar-refractivity contribution in [2.75, 3.05) is 5.32 Å². The highest BCUT2D eigenvalue weighted by Crippen LogP contribution is 2.30. The molecule has 1 atom stereocenters. The normalized spacial score (nSPS) is 11.9. The lowest BCUT2D eigenvalue weighted by molar-refractivity contribution is 0.0976. The van der Waals surface area contributed by atoms with Gasteiger partial charge in [-0.25, -0.2) is 4.39 Å². The smallest absolute Gasteiger partial charge is 0.165 e. The molecular weight excluding hydrogens is 384 g/mol. The molecule has 0 aliphatic carbocycles. The van der Waals surface area contributed by atoms with Gasteiger partial charge in [0.25, 0.3) is 0 Å². The predicted molar refractivity (Wildman–Crippen MR) is 109 cm³/mol. The second-order valence-corrected chi connectivity index (χ2v) is 7.19. The zero-order valence-electron chi connectivity index (χ0n) is 14.7. The lowest BCUT2D eigenvalue weighted by Crippen LogP contribution is -2.16. The van der Waals surface area contributed by atoms with Crippen LogP contribution in [0.3, 0.4) is 0 Å². The molecule has 0 aliphatic rings. The van der Waals surface area contributed by atoms with Gasteiger partial charge < -0.3 is 5.32 Å². The van der Waals surface area contributed by atoms with E-state index >= 15 is 0 Å². The van der Waals surface area contributed by atoms with Gasteiger partial charge in [-0.15, -0.1) is 0 Å². The molecule has 1 unspecified atom stereocenters. The average molecular weight is 402 g/mol. The number of hydrogen-bond acceptors (Lipinski definition) is 2. The van der Waals surface area contributed by atoms with Crippen molar-refractivity contribution in [3.8, 4) is 0 Å². The first kappa shape index (κ1) is 19.4. The second kappa shape index (κ2) is 8.55. The summed E-state index contributed by atoms with van der Waals surface area (Å²) in [6.45, 7) is 2.01. The predicted octanol–water partition coefficient (Wildman–Crippen LogP) is 6.87. The lowest BCUT2D eigenvalue weighted by Gasteiger charge is -2.21. The fraction of sp³-hybridized carbons (Fsp3) is 0.136. The summed E-state index contributed by atoms with van der Waals surface area (Å²) in [5.74, 6) is -0.462. The lowest BCUT2D eigenvalue weighted by atomic mass is 9.97. The van der Waals surface area contributed by atoms with Crippen LogP contribution in [0.1, 0.15) is 33.9 Å². The zero-order chi connectivity index (χ0) is 19.4. The molecule has 0 radical (unpaired) electrons. The molecule has 3 rings (SSSR count). The molecule has 0 saturated heterocycles. The van der Waals surface area contributed by atoms with Crippen molar-refractivity contribution in [3.63, 3.8) is 0 Å². The molecule has 0 heterocycles. The van der Waals surface area contributed by atoms with Crippen LogP contribution >= 0.6 is 23.2 Å². The maximum Gasteiger partial charge on any atom is 0.165 e. The van der Waals surface area contributed by atoms with Gasteiger partial charge in [0.15, 0.2) is 5.78 Å². The Morgan fingerprint density at radius 1 is 0.963 bits per heavy atom. The van der Waals surface area contributed by atoms with Crippen LogP contribution in [-0.2, 0) is 0 Å². The Labute approximate surface area is 167 Å². The van der Waals surface area contributed by atoms with Gasteiger partial charge in [-0.1, -0.05) is 47.0 Å². The number of carbonyl (C=O) groups excluding carboxylic acids is 1. The molecule has 3 aromatic carbocycles. The Morgan fingerprint density at radius 3 is 2.26 bits per heavy atom. The first-order valence-corrected chi connectivity index (χ1v) is 9.25. The van der Waals surface area contributed by atoms with Crippen molar-refractivity contribution in [3.05, 3.63) is 99.3 Å². The minimum absolute atomic E-state index is 0.0920. The van der Waals surface area contributed by atoms with Crippen molar-refractivity contribution in [1.29, 1.82) is 0 Å². The van der Waals surface area contributed by atoms with E-state index in [2.05, 4.69) is 5.32 Å². The summed E-state index contributed by atoms with van der Waals surface area (Å²) in [6.07, 6.45) is 0.192. The summed E-state index contributed by atoms with van der Waals surface area (Å²) in [4.78, 5) is 12.7. The number of carbonyl (C=O) groups is 1. The fourth-order valence-corrected chi connectivity index (χ4v) is 3.08. The summed E-state index contributed by atoms with van der Waals surface area (Å²) in [7, 11) is 0. The Kier molecular flexibility index (Phi) is 6.15. The number of rotatable bonds is 6. The number of ketones is 1. The molecule has 0 aromatic heterocycles. The zero-order valence-corrected chi connectivity index (χ0v) is 16.2. The standard InChI is InChI=1S/C22H18Cl2FNO/c1-14-2-9-18(10-3-14)26-21(16-6-11-19(23)20(24)12-16)13-22(27)15-4-7-17(25)8-5-15/h2-12,21,26H,13H2,1H3. The number of benzene rings is 3. The highest BCUT2D eigenvalue weighted by molar-refractivity contribution is 6.42. The molecule has 0 aliphatic heterocycles. The fourth-order valence-electron chi connectivity index (χ4n) is 2.77. The van der Waals surface area contributed by atoms with E-state index in [4.69, 9.17) is 23.2 Å². The summed E-state index contributed by atoms with van der Waals surface area (Å²) in [5.41, 5.74) is 3.35. The third-order valence-electron chi connectivity index (χ3n) is 4.29. The minimum Gasteiger partial charge on any atom is -0.378 e. The van der Waals surface area contributed by atoms with Crippen molar-refractivity contribution < 1.29 is 9.18 Å². The van der Waals surface area contributed by atoms with Crippen LogP contribution in [0.15, 0.2) is 66.7 Å². The van der Waals surface area contributed by atoms with Crippen LogP contribution in [0.4, 0.5) is 10.1 Å². The highest BCUT2D eigenvalue weighted by atomic mass is 35.5. The van der Waals surface area contributed by atoms with Gasteiger partial charge in [-0.05, 0) is 61.0 Å². The Hall–Kier alpha value is -2.36. The van der Waals surface area contributed by atoms with Crippen molar-refractivity contribution in [2.45, 2.75) is 19.4 Å². The highest BCUT2D eigenvalue weighted by Gasteiger charge is 2.18. The maximum absolute atomic E-state index is 13.1. The first-order chi connectivity index (χ1) is 12.9. The van der Waals surface area contributed by atoms with Gasteiger partial charge >= 0.3 is 0 Å². The molecule has 0 fully saturated rings. The summed E-state index contributed by atoms with van der Waals surface area (Å²) in [5, 5.41) is 4.27. The summed E-state index contributed by atoms with van der Waals surface area (Å²) < 4.78 is 13.1. The Bertz CT molecular complexity index is 940. The molecule has 0 saturated carbocycles. The number of anilines is 1. The van der Waals surface area contributed by atoms with Crippen LogP contribution in [0, 0.1) is 12.7 Å². The van der Waals surface area contributed by atoms with Gasteiger partial charge in [0, 0.05) is 17.7 Å². The minimum atomic E-state index is -0.370.